The van der Waals surface area contributed by atoms with Gasteiger partial charge in [0.05, 0.1) is 11.0 Å². The Balaban J connectivity index is 1.14. The van der Waals surface area contributed by atoms with Gasteiger partial charge in [-0.05, 0) is 74.8 Å². The van der Waals surface area contributed by atoms with Gasteiger partial charge in [0.1, 0.15) is 11.6 Å². The Labute approximate surface area is 206 Å². The quantitative estimate of drug-likeness (QED) is 0.461. The Morgan fingerprint density at radius 1 is 1.15 bits per heavy atom. The van der Waals surface area contributed by atoms with Gasteiger partial charge in [-0.3, -0.25) is 9.69 Å². The Bertz CT molecular complexity index is 1160. The number of benzene rings is 1. The molecule has 0 spiro atoms. The molecule has 1 atom stereocenters. The number of piperazine rings is 1. The minimum absolute atomic E-state index is 0.128. The van der Waals surface area contributed by atoms with E-state index in [1.54, 1.807) is 23.9 Å². The van der Waals surface area contributed by atoms with Gasteiger partial charge in [0, 0.05) is 62.3 Å². The molecule has 6 nitrogen and oxygen atoms in total. The van der Waals surface area contributed by atoms with Gasteiger partial charge in [0.25, 0.3) is 0 Å². The van der Waals surface area contributed by atoms with Crippen LogP contribution in [-0.2, 0) is 4.79 Å². The van der Waals surface area contributed by atoms with Crippen LogP contribution in [0, 0.1) is 13.8 Å². The van der Waals surface area contributed by atoms with Crippen molar-refractivity contribution in [3.63, 3.8) is 0 Å². The number of likely N-dealkylation sites (tertiary alicyclic amines) is 1. The van der Waals surface area contributed by atoms with Crippen molar-refractivity contribution in [3.8, 4) is 0 Å². The first kappa shape index (κ1) is 23.1. The van der Waals surface area contributed by atoms with Crippen molar-refractivity contribution in [1.82, 2.24) is 14.2 Å². The van der Waals surface area contributed by atoms with E-state index < -0.39 is 0 Å². The molecule has 5 rings (SSSR count). The van der Waals surface area contributed by atoms with Crippen LogP contribution in [0.15, 0.2) is 41.0 Å². The molecule has 7 heteroatoms. The number of rotatable bonds is 6. The van der Waals surface area contributed by atoms with E-state index in [0.717, 1.165) is 81.2 Å². The van der Waals surface area contributed by atoms with E-state index in [-0.39, 0.29) is 5.91 Å². The molecular formula is C27H34N4O2S. The SMILES string of the molecule is Cc1occ(C=CC(=O)N2CCCC[C@H]2CCN2CCN(c3nsc4ccccc34)CC2)c1C. The number of hydrogen-bond donors (Lipinski definition) is 0. The number of carbonyl (C=O) groups is 1. The molecule has 0 unspecified atom stereocenters. The van der Waals surface area contributed by atoms with Crippen LogP contribution in [0.4, 0.5) is 5.82 Å². The highest BCUT2D eigenvalue weighted by Crippen LogP contribution is 2.30. The molecule has 2 aromatic heterocycles. The van der Waals surface area contributed by atoms with Crippen LogP contribution in [-0.4, -0.2) is 65.4 Å². The highest BCUT2D eigenvalue weighted by atomic mass is 32.1. The minimum atomic E-state index is 0.128. The summed E-state index contributed by atoms with van der Waals surface area (Å²) in [5.41, 5.74) is 2.09. The molecule has 0 aliphatic carbocycles. The summed E-state index contributed by atoms with van der Waals surface area (Å²) in [5, 5.41) is 1.27. The molecule has 2 fully saturated rings. The van der Waals surface area contributed by atoms with Gasteiger partial charge in [0.15, 0.2) is 0 Å². The molecule has 0 bridgehead atoms. The number of aromatic nitrogens is 1. The topological polar surface area (TPSA) is 52.8 Å². The number of amides is 1. The number of anilines is 1. The smallest absolute Gasteiger partial charge is 0.246 e. The third-order valence-corrected chi connectivity index (χ3v) is 8.27. The zero-order chi connectivity index (χ0) is 23.5. The monoisotopic (exact) mass is 478 g/mol. The molecule has 0 N–H and O–H groups in total. The average molecular weight is 479 g/mol. The van der Waals surface area contributed by atoms with Gasteiger partial charge < -0.3 is 14.2 Å². The maximum absolute atomic E-state index is 13.0. The van der Waals surface area contributed by atoms with E-state index in [2.05, 4.69) is 39.0 Å². The Kier molecular flexibility index (Phi) is 7.02. The molecular weight excluding hydrogens is 444 g/mol. The van der Waals surface area contributed by atoms with E-state index in [0.29, 0.717) is 6.04 Å². The first-order valence-electron chi connectivity index (χ1n) is 12.5. The van der Waals surface area contributed by atoms with Gasteiger partial charge in [-0.15, -0.1) is 0 Å². The molecule has 1 amide bonds. The van der Waals surface area contributed by atoms with Gasteiger partial charge in [-0.2, -0.15) is 4.37 Å². The predicted octanol–water partition coefficient (Wildman–Crippen LogP) is 5.11. The van der Waals surface area contributed by atoms with Crippen molar-refractivity contribution < 1.29 is 9.21 Å². The van der Waals surface area contributed by atoms with E-state index >= 15 is 0 Å². The number of carbonyl (C=O) groups excluding carboxylic acids is 1. The summed E-state index contributed by atoms with van der Waals surface area (Å²) >= 11 is 1.59. The largest absolute Gasteiger partial charge is 0.469 e. The lowest BCUT2D eigenvalue weighted by Crippen LogP contribution is -2.49. The highest BCUT2D eigenvalue weighted by Gasteiger charge is 2.27. The number of fused-ring (bicyclic) bond motifs is 1. The lowest BCUT2D eigenvalue weighted by molar-refractivity contribution is -0.129. The summed E-state index contributed by atoms with van der Waals surface area (Å²) in [6.07, 6.45) is 9.82. The van der Waals surface area contributed by atoms with Crippen LogP contribution in [0.1, 0.15) is 42.6 Å². The molecule has 34 heavy (non-hydrogen) atoms. The van der Waals surface area contributed by atoms with Crippen LogP contribution in [0.5, 0.6) is 0 Å². The van der Waals surface area contributed by atoms with Crippen molar-refractivity contribution in [3.05, 3.63) is 53.5 Å². The standard InChI is InChI=1S/C27H34N4O2S/c1-20-21(2)33-19-22(20)10-11-26(32)31-13-6-5-7-23(31)12-14-29-15-17-30(18-16-29)27-24-8-3-4-9-25(24)34-28-27/h3-4,8-11,19,23H,5-7,12-18H2,1-2H3/t23-/m0/s1. The molecule has 1 aromatic carbocycles. The maximum atomic E-state index is 13.0. The van der Waals surface area contributed by atoms with E-state index in [4.69, 9.17) is 8.79 Å². The lowest BCUT2D eigenvalue weighted by Gasteiger charge is -2.39. The first-order chi connectivity index (χ1) is 16.6. The van der Waals surface area contributed by atoms with Gasteiger partial charge >= 0.3 is 0 Å². The number of piperidine rings is 1. The molecule has 0 radical (unpaired) electrons. The van der Waals surface area contributed by atoms with Crippen LogP contribution >= 0.6 is 11.5 Å². The fourth-order valence-electron chi connectivity index (χ4n) is 5.16. The normalized spacial score (nSPS) is 20.0. The van der Waals surface area contributed by atoms with Crippen LogP contribution in [0.25, 0.3) is 16.2 Å². The fourth-order valence-corrected chi connectivity index (χ4v) is 5.96. The summed E-state index contributed by atoms with van der Waals surface area (Å²) in [6, 6.07) is 8.84. The van der Waals surface area contributed by atoms with Crippen molar-refractivity contribution in [2.75, 3.05) is 44.2 Å². The van der Waals surface area contributed by atoms with Crippen molar-refractivity contribution in [1.29, 1.82) is 0 Å². The van der Waals surface area contributed by atoms with Crippen molar-refractivity contribution >= 4 is 39.4 Å². The van der Waals surface area contributed by atoms with Crippen molar-refractivity contribution in [2.45, 2.75) is 45.6 Å². The molecule has 4 heterocycles. The van der Waals surface area contributed by atoms with Gasteiger partial charge in [-0.25, -0.2) is 0 Å². The minimum Gasteiger partial charge on any atom is -0.469 e. The molecule has 2 aliphatic heterocycles. The third-order valence-electron chi connectivity index (χ3n) is 7.45. The van der Waals surface area contributed by atoms with Crippen molar-refractivity contribution in [2.24, 2.45) is 0 Å². The molecule has 0 saturated carbocycles. The molecule has 2 saturated heterocycles. The second-order valence-corrected chi connectivity index (χ2v) is 10.3. The van der Waals surface area contributed by atoms with Crippen LogP contribution in [0.2, 0.25) is 0 Å². The molecule has 3 aromatic rings. The number of hydrogen-bond acceptors (Lipinski definition) is 6. The van der Waals surface area contributed by atoms with Crippen LogP contribution in [0.3, 0.4) is 0 Å². The lowest BCUT2D eigenvalue weighted by atomic mass is 9.98. The molecule has 2 aliphatic rings. The number of nitrogens with zero attached hydrogens (tertiary/aromatic N) is 4. The summed E-state index contributed by atoms with van der Waals surface area (Å²) in [6.45, 7) is 10.0. The van der Waals surface area contributed by atoms with E-state index in [9.17, 15) is 4.79 Å². The second-order valence-electron chi connectivity index (χ2n) is 9.51. The zero-order valence-electron chi connectivity index (χ0n) is 20.2. The van der Waals surface area contributed by atoms with E-state index in [1.807, 2.05) is 19.9 Å². The molecule has 180 valence electrons. The Morgan fingerprint density at radius 3 is 2.76 bits per heavy atom. The fraction of sp³-hybridized carbons (Fsp3) is 0.481. The predicted molar refractivity (Wildman–Crippen MR) is 139 cm³/mol. The summed E-state index contributed by atoms with van der Waals surface area (Å²) in [7, 11) is 0. The highest BCUT2D eigenvalue weighted by molar-refractivity contribution is 7.13. The first-order valence-corrected chi connectivity index (χ1v) is 13.2. The van der Waals surface area contributed by atoms with E-state index in [1.165, 1.54) is 16.5 Å². The summed E-state index contributed by atoms with van der Waals surface area (Å²) < 4.78 is 11.5. The number of furan rings is 1. The Hall–Kier alpha value is -2.64. The zero-order valence-corrected chi connectivity index (χ0v) is 21.0. The summed E-state index contributed by atoms with van der Waals surface area (Å²) in [4.78, 5) is 20.1. The average Bonchev–Trinajstić information content (AvgIpc) is 3.45. The van der Waals surface area contributed by atoms with Gasteiger partial charge in [-0.1, -0.05) is 12.1 Å². The Morgan fingerprint density at radius 2 is 1.97 bits per heavy atom. The maximum Gasteiger partial charge on any atom is 0.246 e. The van der Waals surface area contributed by atoms with Crippen LogP contribution < -0.4 is 4.90 Å². The van der Waals surface area contributed by atoms with Gasteiger partial charge in [0.2, 0.25) is 5.91 Å². The third kappa shape index (κ3) is 4.91. The second kappa shape index (κ2) is 10.3. The number of aryl methyl sites for hydroxylation is 1. The summed E-state index contributed by atoms with van der Waals surface area (Å²) in [5.74, 6) is 2.17.